The van der Waals surface area contributed by atoms with Crippen molar-refractivity contribution in [2.75, 3.05) is 5.75 Å². The van der Waals surface area contributed by atoms with Gasteiger partial charge in [-0.15, -0.1) is 11.8 Å². The van der Waals surface area contributed by atoms with Gasteiger partial charge in [0.15, 0.2) is 0 Å². The Morgan fingerprint density at radius 2 is 1.23 bits per heavy atom. The standard InChI is InChI=1S/C57H48N4S/c1-36-23-25-50-46(28-36)47-29-37(2)52(61-51-26-24-41(38-16-9-6-10-17-38)32-48(51)45-22-15-27-58-55(45)61)34-53(47)60(50)44-31-42(30-43(33-44)57(3,4)5)56-59-49(35-62-56)54(39-18-11-7-12-19-39)40-20-13-8-14-21-40/h6-34,49,54H,35H2,1-5H3/t49-/m0/s1. The van der Waals surface area contributed by atoms with Crippen molar-refractivity contribution < 1.29 is 0 Å². The second-order valence-electron chi connectivity index (χ2n) is 17.9. The summed E-state index contributed by atoms with van der Waals surface area (Å²) >= 11 is 1.89. The molecule has 3 aromatic heterocycles. The highest BCUT2D eigenvalue weighted by Gasteiger charge is 2.31. The van der Waals surface area contributed by atoms with Crippen LogP contribution in [0.15, 0.2) is 181 Å². The van der Waals surface area contributed by atoms with Gasteiger partial charge in [0.2, 0.25) is 0 Å². The molecular weight excluding hydrogens is 773 g/mol. The average molecular weight is 821 g/mol. The van der Waals surface area contributed by atoms with E-state index in [1.807, 2.05) is 18.0 Å². The lowest BCUT2D eigenvalue weighted by Crippen LogP contribution is -2.18. The average Bonchev–Trinajstić information content (AvgIpc) is 3.99. The Labute approximate surface area is 367 Å². The molecule has 302 valence electrons. The predicted octanol–water partition coefficient (Wildman–Crippen LogP) is 14.6. The van der Waals surface area contributed by atoms with Crippen LogP contribution in [-0.2, 0) is 5.41 Å². The highest BCUT2D eigenvalue weighted by molar-refractivity contribution is 8.14. The maximum atomic E-state index is 5.60. The van der Waals surface area contributed by atoms with Crippen LogP contribution in [0.3, 0.4) is 0 Å². The molecule has 0 unspecified atom stereocenters. The summed E-state index contributed by atoms with van der Waals surface area (Å²) < 4.78 is 4.87. The van der Waals surface area contributed by atoms with E-state index in [9.17, 15) is 0 Å². The highest BCUT2D eigenvalue weighted by atomic mass is 32.2. The van der Waals surface area contributed by atoms with Crippen molar-refractivity contribution in [3.8, 4) is 22.5 Å². The van der Waals surface area contributed by atoms with Crippen LogP contribution in [0, 0.1) is 13.8 Å². The van der Waals surface area contributed by atoms with E-state index in [1.165, 1.54) is 71.7 Å². The van der Waals surface area contributed by atoms with E-state index < -0.39 is 0 Å². The largest absolute Gasteiger partial charge is 0.309 e. The van der Waals surface area contributed by atoms with Gasteiger partial charge in [-0.05, 0) is 119 Å². The number of pyridine rings is 1. The second kappa shape index (κ2) is 15.0. The van der Waals surface area contributed by atoms with E-state index in [2.05, 4.69) is 214 Å². The number of hydrogen-bond acceptors (Lipinski definition) is 3. The summed E-state index contributed by atoms with van der Waals surface area (Å²) in [4.78, 5) is 10.6. The molecule has 0 amide bonds. The number of aromatic nitrogens is 3. The first-order chi connectivity index (χ1) is 30.2. The van der Waals surface area contributed by atoms with E-state index in [0.717, 1.165) is 38.7 Å². The summed E-state index contributed by atoms with van der Waals surface area (Å²) in [6, 6.07) is 62.6. The lowest BCUT2D eigenvalue weighted by molar-refractivity contribution is 0.590. The Morgan fingerprint density at radius 3 is 1.95 bits per heavy atom. The summed E-state index contributed by atoms with van der Waals surface area (Å²) in [5, 5.41) is 5.95. The highest BCUT2D eigenvalue weighted by Crippen LogP contribution is 2.42. The summed E-state index contributed by atoms with van der Waals surface area (Å²) in [5.74, 6) is 1.10. The van der Waals surface area contributed by atoms with Gasteiger partial charge in [0, 0.05) is 50.7 Å². The Morgan fingerprint density at radius 1 is 0.565 bits per heavy atom. The molecule has 11 rings (SSSR count). The molecule has 10 aromatic rings. The molecule has 5 heteroatoms. The number of rotatable bonds is 7. The summed E-state index contributed by atoms with van der Waals surface area (Å²) in [7, 11) is 0. The van der Waals surface area contributed by atoms with Gasteiger partial charge in [-0.1, -0.05) is 129 Å². The minimum absolute atomic E-state index is 0.0883. The fourth-order valence-corrected chi connectivity index (χ4v) is 10.8. The van der Waals surface area contributed by atoms with Gasteiger partial charge in [0.25, 0.3) is 0 Å². The predicted molar refractivity (Wildman–Crippen MR) is 264 cm³/mol. The van der Waals surface area contributed by atoms with Crippen LogP contribution in [0.4, 0.5) is 0 Å². The first-order valence-electron chi connectivity index (χ1n) is 21.7. The maximum Gasteiger partial charge on any atom is 0.145 e. The van der Waals surface area contributed by atoms with Gasteiger partial charge in [-0.3, -0.25) is 9.56 Å². The Hall–Kier alpha value is -6.69. The van der Waals surface area contributed by atoms with Gasteiger partial charge in [-0.2, -0.15) is 0 Å². The molecular formula is C57H48N4S. The molecule has 0 aliphatic carbocycles. The monoisotopic (exact) mass is 820 g/mol. The first-order valence-corrected chi connectivity index (χ1v) is 22.7. The molecule has 0 saturated carbocycles. The van der Waals surface area contributed by atoms with Crippen molar-refractivity contribution in [1.29, 1.82) is 0 Å². The molecule has 1 aliphatic heterocycles. The number of aryl methyl sites for hydroxylation is 2. The van der Waals surface area contributed by atoms with Crippen LogP contribution in [0.5, 0.6) is 0 Å². The van der Waals surface area contributed by atoms with Crippen molar-refractivity contribution in [2.45, 2.75) is 52.0 Å². The topological polar surface area (TPSA) is 35.1 Å². The number of fused-ring (bicyclic) bond motifs is 6. The first kappa shape index (κ1) is 38.2. The van der Waals surface area contributed by atoms with E-state index in [-0.39, 0.29) is 17.4 Å². The number of benzene rings is 7. The van der Waals surface area contributed by atoms with Gasteiger partial charge in [0.1, 0.15) is 5.65 Å². The van der Waals surface area contributed by atoms with Crippen molar-refractivity contribution in [3.05, 3.63) is 209 Å². The fraction of sp³-hybridized carbons (Fsp3) is 0.158. The molecule has 0 saturated heterocycles. The minimum Gasteiger partial charge on any atom is -0.309 e. The molecule has 1 aliphatic rings. The molecule has 0 spiro atoms. The van der Waals surface area contributed by atoms with Gasteiger partial charge in [0.05, 0.1) is 33.3 Å². The van der Waals surface area contributed by atoms with Crippen LogP contribution in [0.1, 0.15) is 60.1 Å². The van der Waals surface area contributed by atoms with Crippen LogP contribution in [-0.4, -0.2) is 31.0 Å². The maximum absolute atomic E-state index is 5.60. The Bertz CT molecular complexity index is 3310. The van der Waals surface area contributed by atoms with Gasteiger partial charge in [-0.25, -0.2) is 4.98 Å². The van der Waals surface area contributed by atoms with Crippen LogP contribution >= 0.6 is 11.8 Å². The molecule has 62 heavy (non-hydrogen) atoms. The fourth-order valence-electron chi connectivity index (χ4n) is 9.67. The SMILES string of the molecule is Cc1ccc2c(c1)c1cc(C)c(-n3c4ccc(-c5ccccc5)cc4c4cccnc43)cc1n2-c1cc(C2=N[C@H](C(c3ccccc3)c3ccccc3)CS2)cc(C(C)(C)C)c1. The summed E-state index contributed by atoms with van der Waals surface area (Å²) in [5.41, 5.74) is 16.6. The third-order valence-corrected chi connectivity index (χ3v) is 13.9. The molecule has 4 heterocycles. The van der Waals surface area contributed by atoms with Crippen LogP contribution < -0.4 is 0 Å². The zero-order valence-electron chi connectivity index (χ0n) is 35.8. The van der Waals surface area contributed by atoms with Gasteiger partial charge >= 0.3 is 0 Å². The smallest absolute Gasteiger partial charge is 0.145 e. The van der Waals surface area contributed by atoms with Gasteiger partial charge < -0.3 is 4.57 Å². The lowest BCUT2D eigenvalue weighted by atomic mass is 9.85. The number of nitrogens with zero attached hydrogens (tertiary/aromatic N) is 4. The zero-order valence-corrected chi connectivity index (χ0v) is 36.6. The van der Waals surface area contributed by atoms with Crippen molar-refractivity contribution in [3.63, 3.8) is 0 Å². The molecule has 0 radical (unpaired) electrons. The van der Waals surface area contributed by atoms with Crippen molar-refractivity contribution in [1.82, 2.24) is 14.1 Å². The molecule has 0 bridgehead atoms. The number of hydrogen-bond donors (Lipinski definition) is 0. The molecule has 0 N–H and O–H groups in total. The van der Waals surface area contributed by atoms with Crippen LogP contribution in [0.2, 0.25) is 0 Å². The number of thioether (sulfide) groups is 1. The van der Waals surface area contributed by atoms with Crippen LogP contribution in [0.25, 0.3) is 66.2 Å². The van der Waals surface area contributed by atoms with E-state index >= 15 is 0 Å². The lowest BCUT2D eigenvalue weighted by Gasteiger charge is -2.23. The van der Waals surface area contributed by atoms with Crippen molar-refractivity contribution >= 4 is 60.5 Å². The second-order valence-corrected chi connectivity index (χ2v) is 19.0. The van der Waals surface area contributed by atoms with E-state index in [4.69, 9.17) is 9.98 Å². The molecule has 7 aromatic carbocycles. The molecule has 1 atom stereocenters. The third-order valence-electron chi connectivity index (χ3n) is 12.8. The summed E-state index contributed by atoms with van der Waals surface area (Å²) in [6.45, 7) is 11.4. The normalized spacial score (nSPS) is 14.5. The van der Waals surface area contributed by atoms with E-state index in [1.54, 1.807) is 0 Å². The third kappa shape index (κ3) is 6.54. The summed E-state index contributed by atoms with van der Waals surface area (Å²) in [6.07, 6.45) is 1.92. The zero-order chi connectivity index (χ0) is 42.1. The quantitative estimate of drug-likeness (QED) is 0.161. The van der Waals surface area contributed by atoms with E-state index in [0.29, 0.717) is 0 Å². The molecule has 0 fully saturated rings. The Kier molecular flexibility index (Phi) is 9.28. The number of aliphatic imine (C=N–C) groups is 1. The van der Waals surface area contributed by atoms with Crippen molar-refractivity contribution in [2.24, 2.45) is 4.99 Å². The Balaban J connectivity index is 1.11. The minimum atomic E-state index is -0.0883. The molecule has 4 nitrogen and oxygen atoms in total.